The van der Waals surface area contributed by atoms with Gasteiger partial charge in [0.15, 0.2) is 0 Å². The predicted octanol–water partition coefficient (Wildman–Crippen LogP) is 3.34. The smallest absolute Gasteiger partial charge is 0.272 e. The molecule has 0 saturated heterocycles. The fourth-order valence-corrected chi connectivity index (χ4v) is 5.58. The molecule has 9 nitrogen and oxygen atoms in total. The van der Waals surface area contributed by atoms with Crippen LogP contribution in [0.4, 0.5) is 5.69 Å². The van der Waals surface area contributed by atoms with Crippen LogP contribution in [0.25, 0.3) is 0 Å². The van der Waals surface area contributed by atoms with Crippen molar-refractivity contribution < 1.29 is 22.7 Å². The van der Waals surface area contributed by atoms with Crippen molar-refractivity contribution in [3.8, 4) is 5.75 Å². The number of carbonyl (C=O) groups is 2. The summed E-state index contributed by atoms with van der Waals surface area (Å²) in [5.41, 5.74) is 2.73. The zero-order valence-corrected chi connectivity index (χ0v) is 23.1. The highest BCUT2D eigenvalue weighted by atomic mass is 32.2. The molecule has 10 heteroatoms. The number of rotatable bonds is 9. The monoisotopic (exact) mass is 548 g/mol. The number of benzene rings is 3. The maximum absolute atomic E-state index is 13.5. The third-order valence-electron chi connectivity index (χ3n) is 6.36. The SMILES string of the molecule is COc1ccc(S(=O)(=O)NC(CC(C)C)C(=O)NC2N=C(c3ccccc3)c3ccccc3N(C)C2=O)cc1. The Morgan fingerprint density at radius 1 is 1.00 bits per heavy atom. The molecule has 1 heterocycles. The van der Waals surface area contributed by atoms with Crippen molar-refractivity contribution in [1.82, 2.24) is 10.0 Å². The van der Waals surface area contributed by atoms with Gasteiger partial charge in [-0.2, -0.15) is 4.72 Å². The molecule has 0 spiro atoms. The minimum Gasteiger partial charge on any atom is -0.497 e. The molecule has 0 fully saturated rings. The van der Waals surface area contributed by atoms with Crippen LogP contribution in [0.1, 0.15) is 31.4 Å². The summed E-state index contributed by atoms with van der Waals surface area (Å²) < 4.78 is 33.9. The summed E-state index contributed by atoms with van der Waals surface area (Å²) in [6.07, 6.45) is -1.04. The highest BCUT2D eigenvalue weighted by molar-refractivity contribution is 7.89. The number of carbonyl (C=O) groups excluding carboxylic acids is 2. The fourth-order valence-electron chi connectivity index (χ4n) is 4.37. The van der Waals surface area contributed by atoms with E-state index in [1.165, 1.54) is 36.3 Å². The van der Waals surface area contributed by atoms with Crippen LogP contribution in [0.2, 0.25) is 0 Å². The fraction of sp³-hybridized carbons (Fsp3) is 0.276. The molecule has 0 saturated carbocycles. The molecule has 1 aliphatic heterocycles. The van der Waals surface area contributed by atoms with Gasteiger partial charge in [-0.1, -0.05) is 62.4 Å². The first kappa shape index (κ1) is 28.0. The van der Waals surface area contributed by atoms with Gasteiger partial charge in [0.1, 0.15) is 11.8 Å². The van der Waals surface area contributed by atoms with Crippen LogP contribution in [0.5, 0.6) is 5.75 Å². The molecule has 2 unspecified atom stereocenters. The van der Waals surface area contributed by atoms with Crippen molar-refractivity contribution >= 4 is 33.2 Å². The first-order valence-corrected chi connectivity index (χ1v) is 14.1. The molecule has 3 aromatic carbocycles. The Balaban J connectivity index is 1.66. The Hall–Kier alpha value is -4.02. The van der Waals surface area contributed by atoms with E-state index in [-0.39, 0.29) is 17.2 Å². The molecule has 2 N–H and O–H groups in total. The van der Waals surface area contributed by atoms with Gasteiger partial charge in [-0.25, -0.2) is 13.4 Å². The van der Waals surface area contributed by atoms with E-state index in [1.54, 1.807) is 7.05 Å². The lowest BCUT2D eigenvalue weighted by molar-refractivity contribution is -0.128. The van der Waals surface area contributed by atoms with Crippen LogP contribution in [0, 0.1) is 5.92 Å². The van der Waals surface area contributed by atoms with E-state index in [4.69, 9.17) is 9.73 Å². The van der Waals surface area contributed by atoms with Gasteiger partial charge in [-0.3, -0.25) is 9.59 Å². The Morgan fingerprint density at radius 2 is 1.64 bits per heavy atom. The Morgan fingerprint density at radius 3 is 2.28 bits per heavy atom. The van der Waals surface area contributed by atoms with Gasteiger partial charge in [-0.15, -0.1) is 0 Å². The van der Waals surface area contributed by atoms with Crippen LogP contribution >= 0.6 is 0 Å². The van der Waals surface area contributed by atoms with E-state index in [2.05, 4.69) is 10.0 Å². The minimum atomic E-state index is -4.04. The van der Waals surface area contributed by atoms with E-state index in [1.807, 2.05) is 68.4 Å². The zero-order valence-electron chi connectivity index (χ0n) is 22.3. The largest absolute Gasteiger partial charge is 0.497 e. The number of benzodiazepines with no additional fused rings is 1. The number of aliphatic imine (C=N–C) groups is 1. The van der Waals surface area contributed by atoms with E-state index < -0.39 is 34.0 Å². The number of amides is 2. The van der Waals surface area contributed by atoms with Crippen LogP contribution in [-0.2, 0) is 19.6 Å². The number of nitrogens with one attached hydrogen (secondary N) is 2. The Bertz CT molecular complexity index is 1470. The van der Waals surface area contributed by atoms with Crippen LogP contribution < -0.4 is 19.7 Å². The number of sulfonamides is 1. The number of para-hydroxylation sites is 1. The molecule has 204 valence electrons. The lowest BCUT2D eigenvalue weighted by Gasteiger charge is -2.24. The third kappa shape index (κ3) is 6.35. The van der Waals surface area contributed by atoms with Gasteiger partial charge >= 0.3 is 0 Å². The molecule has 1 aliphatic rings. The van der Waals surface area contributed by atoms with Gasteiger partial charge in [0, 0.05) is 18.2 Å². The summed E-state index contributed by atoms with van der Waals surface area (Å²) in [5.74, 6) is -0.591. The lowest BCUT2D eigenvalue weighted by Crippen LogP contribution is -2.53. The topological polar surface area (TPSA) is 117 Å². The predicted molar refractivity (Wildman–Crippen MR) is 150 cm³/mol. The number of ether oxygens (including phenoxy) is 1. The number of methoxy groups -OCH3 is 1. The van der Waals surface area contributed by atoms with Crippen molar-refractivity contribution in [3.63, 3.8) is 0 Å². The second kappa shape index (κ2) is 11.8. The molecule has 3 aromatic rings. The van der Waals surface area contributed by atoms with Gasteiger partial charge in [-0.05, 0) is 42.7 Å². The second-order valence-corrected chi connectivity index (χ2v) is 11.4. The number of fused-ring (bicyclic) bond motifs is 1. The van der Waals surface area contributed by atoms with E-state index >= 15 is 0 Å². The molecule has 0 bridgehead atoms. The standard InChI is InChI=1S/C29H32N4O5S/c1-19(2)18-24(32-39(36,37)22-16-14-21(38-4)15-17-22)28(34)31-27-29(35)33(3)25-13-9-8-12-23(25)26(30-27)20-10-6-5-7-11-20/h5-17,19,24,27,32H,18H2,1-4H3,(H,31,34). The van der Waals surface area contributed by atoms with E-state index in [0.29, 0.717) is 17.1 Å². The maximum atomic E-state index is 13.5. The number of nitrogens with zero attached hydrogens (tertiary/aromatic N) is 2. The van der Waals surface area contributed by atoms with Crippen molar-refractivity contribution in [2.75, 3.05) is 19.1 Å². The third-order valence-corrected chi connectivity index (χ3v) is 7.85. The summed E-state index contributed by atoms with van der Waals surface area (Å²) in [6, 6.07) is 21.5. The summed E-state index contributed by atoms with van der Waals surface area (Å²) in [5, 5.41) is 2.71. The maximum Gasteiger partial charge on any atom is 0.272 e. The number of hydrogen-bond donors (Lipinski definition) is 2. The highest BCUT2D eigenvalue weighted by Gasteiger charge is 2.34. The molecular formula is C29H32N4O5S. The molecule has 2 atom stereocenters. The van der Waals surface area contributed by atoms with E-state index in [9.17, 15) is 18.0 Å². The second-order valence-electron chi connectivity index (χ2n) is 9.65. The molecular weight excluding hydrogens is 516 g/mol. The zero-order chi connectivity index (χ0) is 28.2. The quantitative estimate of drug-likeness (QED) is 0.425. The Kier molecular flexibility index (Phi) is 8.47. The minimum absolute atomic E-state index is 0.00466. The normalized spacial score (nSPS) is 16.2. The van der Waals surface area contributed by atoms with Crippen LogP contribution in [0.3, 0.4) is 0 Å². The van der Waals surface area contributed by atoms with Gasteiger partial charge in [0.25, 0.3) is 5.91 Å². The van der Waals surface area contributed by atoms with Gasteiger partial charge < -0.3 is 15.0 Å². The van der Waals surface area contributed by atoms with Gasteiger partial charge in [0.05, 0.1) is 23.4 Å². The first-order chi connectivity index (χ1) is 18.6. The average Bonchev–Trinajstić information content (AvgIpc) is 3.03. The van der Waals surface area contributed by atoms with Crippen molar-refractivity contribution in [1.29, 1.82) is 0 Å². The van der Waals surface area contributed by atoms with Crippen LogP contribution in [-0.4, -0.2) is 52.3 Å². The van der Waals surface area contributed by atoms with Crippen molar-refractivity contribution in [3.05, 3.63) is 90.0 Å². The molecule has 0 aromatic heterocycles. The first-order valence-electron chi connectivity index (χ1n) is 12.6. The van der Waals surface area contributed by atoms with E-state index in [0.717, 1.165) is 11.1 Å². The molecule has 2 amide bonds. The molecule has 39 heavy (non-hydrogen) atoms. The number of likely N-dealkylation sites (N-methyl/N-ethyl adjacent to an activating group) is 1. The summed E-state index contributed by atoms with van der Waals surface area (Å²) in [4.78, 5) is 33.2. The lowest BCUT2D eigenvalue weighted by atomic mass is 10.0. The summed E-state index contributed by atoms with van der Waals surface area (Å²) in [7, 11) is -0.928. The highest BCUT2D eigenvalue weighted by Crippen LogP contribution is 2.27. The molecule has 0 aliphatic carbocycles. The number of anilines is 1. The summed E-state index contributed by atoms with van der Waals surface area (Å²) in [6.45, 7) is 3.77. The summed E-state index contributed by atoms with van der Waals surface area (Å²) >= 11 is 0. The number of hydrogen-bond acceptors (Lipinski definition) is 6. The van der Waals surface area contributed by atoms with Crippen LogP contribution in [0.15, 0.2) is 88.8 Å². The van der Waals surface area contributed by atoms with Crippen molar-refractivity contribution in [2.24, 2.45) is 10.9 Å². The van der Waals surface area contributed by atoms with Crippen molar-refractivity contribution in [2.45, 2.75) is 37.4 Å². The van der Waals surface area contributed by atoms with Gasteiger partial charge in [0.2, 0.25) is 22.1 Å². The molecule has 0 radical (unpaired) electrons. The average molecular weight is 549 g/mol. The Labute approximate surface area is 229 Å². The molecule has 4 rings (SSSR count).